The molecule has 1 saturated carbocycles. The number of hydrogen-bond acceptors (Lipinski definition) is 2. The summed E-state index contributed by atoms with van der Waals surface area (Å²) in [6.45, 7) is 0. The summed E-state index contributed by atoms with van der Waals surface area (Å²) >= 11 is 0. The minimum Gasteiger partial charge on any atom is -0.375 e. The van der Waals surface area contributed by atoms with Gasteiger partial charge in [-0.25, -0.2) is 0 Å². The van der Waals surface area contributed by atoms with Gasteiger partial charge in [-0.15, -0.1) is 0 Å². The molecule has 2 heteroatoms. The summed E-state index contributed by atoms with van der Waals surface area (Å²) in [5.41, 5.74) is 0. The second kappa shape index (κ2) is 5.09. The largest absolute Gasteiger partial charge is 0.375 e. The van der Waals surface area contributed by atoms with Crippen molar-refractivity contribution in [1.82, 2.24) is 0 Å². The highest BCUT2D eigenvalue weighted by Gasteiger charge is 2.39. The number of ketones is 1. The van der Waals surface area contributed by atoms with Crippen LogP contribution in [-0.2, 0) is 9.53 Å². The molecule has 0 amide bonds. The fourth-order valence-corrected chi connectivity index (χ4v) is 3.99. The van der Waals surface area contributed by atoms with Crippen molar-refractivity contribution in [2.75, 3.05) is 0 Å². The number of fused-ring (bicyclic) bond motifs is 2. The first-order chi connectivity index (χ1) is 8.33. The number of carbonyl (C=O) groups is 1. The van der Waals surface area contributed by atoms with Crippen molar-refractivity contribution in [3.63, 3.8) is 0 Å². The van der Waals surface area contributed by atoms with Crippen molar-refractivity contribution in [3.8, 4) is 0 Å². The summed E-state index contributed by atoms with van der Waals surface area (Å²) in [4.78, 5) is 12.6. The zero-order chi connectivity index (χ0) is 11.7. The van der Waals surface area contributed by atoms with E-state index >= 15 is 0 Å². The van der Waals surface area contributed by atoms with E-state index in [1.54, 1.807) is 0 Å². The molecule has 3 fully saturated rings. The lowest BCUT2D eigenvalue weighted by Crippen LogP contribution is -2.33. The Labute approximate surface area is 104 Å². The standard InChI is InChI=1S/C15H24O2/c16-15(11-5-3-1-2-4-6-11)12-9-13-7-8-14(10-12)17-13/h11-14H,1-10H2. The van der Waals surface area contributed by atoms with Crippen LogP contribution in [0.5, 0.6) is 0 Å². The molecule has 3 aliphatic rings. The Morgan fingerprint density at radius 1 is 0.765 bits per heavy atom. The van der Waals surface area contributed by atoms with Crippen LogP contribution in [0.15, 0.2) is 0 Å². The molecule has 0 N–H and O–H groups in total. The van der Waals surface area contributed by atoms with Gasteiger partial charge in [0.25, 0.3) is 0 Å². The summed E-state index contributed by atoms with van der Waals surface area (Å²) in [6.07, 6.45) is 12.8. The quantitative estimate of drug-likeness (QED) is 0.686. The summed E-state index contributed by atoms with van der Waals surface area (Å²) in [5, 5.41) is 0. The molecule has 0 spiro atoms. The lowest BCUT2D eigenvalue weighted by molar-refractivity contribution is -0.133. The molecule has 2 atom stereocenters. The Kier molecular flexibility index (Phi) is 3.51. The molecule has 2 bridgehead atoms. The predicted octanol–water partition coefficient (Wildman–Crippen LogP) is 3.48. The first-order valence-corrected chi connectivity index (χ1v) is 7.52. The number of ether oxygens (including phenoxy) is 1. The second-order valence-electron chi connectivity index (χ2n) is 6.22. The minimum atomic E-state index is 0.337. The third kappa shape index (κ3) is 2.57. The van der Waals surface area contributed by atoms with Crippen LogP contribution in [0.1, 0.15) is 64.2 Å². The van der Waals surface area contributed by atoms with Crippen LogP contribution in [0.4, 0.5) is 0 Å². The van der Waals surface area contributed by atoms with E-state index in [-0.39, 0.29) is 0 Å². The van der Waals surface area contributed by atoms with Crippen molar-refractivity contribution in [2.24, 2.45) is 11.8 Å². The molecule has 2 unspecified atom stereocenters. The zero-order valence-electron chi connectivity index (χ0n) is 10.7. The average molecular weight is 236 g/mol. The van der Waals surface area contributed by atoms with Crippen LogP contribution in [0.2, 0.25) is 0 Å². The van der Waals surface area contributed by atoms with Crippen LogP contribution in [0, 0.1) is 11.8 Å². The molecule has 0 aromatic heterocycles. The van der Waals surface area contributed by atoms with Gasteiger partial charge in [0.1, 0.15) is 5.78 Å². The summed E-state index contributed by atoms with van der Waals surface area (Å²) in [7, 11) is 0. The van der Waals surface area contributed by atoms with Gasteiger partial charge in [-0.3, -0.25) is 4.79 Å². The molecule has 0 aromatic rings. The van der Waals surface area contributed by atoms with Crippen molar-refractivity contribution >= 4 is 5.78 Å². The van der Waals surface area contributed by atoms with E-state index in [0.717, 1.165) is 25.7 Å². The average Bonchev–Trinajstić information content (AvgIpc) is 2.61. The highest BCUT2D eigenvalue weighted by atomic mass is 16.5. The molecule has 2 saturated heterocycles. The SMILES string of the molecule is O=C(C1CCCCCC1)C1CC2CCC(C1)O2. The fraction of sp³-hybridized carbons (Fsp3) is 0.933. The zero-order valence-corrected chi connectivity index (χ0v) is 10.7. The van der Waals surface area contributed by atoms with Crippen LogP contribution >= 0.6 is 0 Å². The summed E-state index contributed by atoms with van der Waals surface area (Å²) < 4.78 is 5.84. The van der Waals surface area contributed by atoms with Gasteiger partial charge in [0.2, 0.25) is 0 Å². The Bertz CT molecular complexity index is 267. The maximum Gasteiger partial charge on any atom is 0.139 e. The van der Waals surface area contributed by atoms with E-state index in [9.17, 15) is 4.79 Å². The molecule has 3 rings (SSSR count). The number of carbonyl (C=O) groups excluding carboxylic acids is 1. The normalized spacial score (nSPS) is 38.9. The molecule has 2 aliphatic heterocycles. The van der Waals surface area contributed by atoms with E-state index in [4.69, 9.17) is 4.74 Å². The monoisotopic (exact) mass is 236 g/mol. The van der Waals surface area contributed by atoms with Gasteiger partial charge in [-0.2, -0.15) is 0 Å². The van der Waals surface area contributed by atoms with Gasteiger partial charge in [0.05, 0.1) is 12.2 Å². The van der Waals surface area contributed by atoms with Crippen molar-refractivity contribution in [1.29, 1.82) is 0 Å². The van der Waals surface area contributed by atoms with E-state index < -0.39 is 0 Å². The fourth-order valence-electron chi connectivity index (χ4n) is 3.99. The number of hydrogen-bond donors (Lipinski definition) is 0. The first kappa shape index (κ1) is 11.7. The van der Waals surface area contributed by atoms with E-state index in [0.29, 0.717) is 29.8 Å². The summed E-state index contributed by atoms with van der Waals surface area (Å²) in [5.74, 6) is 1.32. The third-order valence-corrected chi connectivity index (χ3v) is 4.95. The smallest absolute Gasteiger partial charge is 0.139 e. The molecule has 0 aromatic carbocycles. The van der Waals surface area contributed by atoms with Gasteiger partial charge >= 0.3 is 0 Å². The lowest BCUT2D eigenvalue weighted by atomic mass is 9.82. The number of Topliss-reactive ketones (excluding diaryl/α,β-unsaturated/α-hetero) is 1. The van der Waals surface area contributed by atoms with Gasteiger partial charge in [0.15, 0.2) is 0 Å². The van der Waals surface area contributed by atoms with Crippen molar-refractivity contribution < 1.29 is 9.53 Å². The minimum absolute atomic E-state index is 0.337. The number of rotatable bonds is 2. The second-order valence-corrected chi connectivity index (χ2v) is 6.22. The van der Waals surface area contributed by atoms with E-state index in [2.05, 4.69) is 0 Å². The Morgan fingerprint density at radius 3 is 1.94 bits per heavy atom. The third-order valence-electron chi connectivity index (χ3n) is 4.95. The van der Waals surface area contributed by atoms with Gasteiger partial charge in [-0.05, 0) is 38.5 Å². The van der Waals surface area contributed by atoms with Gasteiger partial charge in [0, 0.05) is 11.8 Å². The topological polar surface area (TPSA) is 26.3 Å². The lowest BCUT2D eigenvalue weighted by Gasteiger charge is -2.29. The highest BCUT2D eigenvalue weighted by Crippen LogP contribution is 2.38. The van der Waals surface area contributed by atoms with Crippen LogP contribution in [-0.4, -0.2) is 18.0 Å². The molecule has 0 radical (unpaired) electrons. The van der Waals surface area contributed by atoms with Crippen LogP contribution < -0.4 is 0 Å². The molecule has 2 nitrogen and oxygen atoms in total. The highest BCUT2D eigenvalue weighted by molar-refractivity contribution is 5.83. The maximum atomic E-state index is 12.6. The van der Waals surface area contributed by atoms with E-state index in [1.807, 2.05) is 0 Å². The molecule has 2 heterocycles. The Morgan fingerprint density at radius 2 is 1.35 bits per heavy atom. The molecule has 17 heavy (non-hydrogen) atoms. The van der Waals surface area contributed by atoms with Crippen LogP contribution in [0.25, 0.3) is 0 Å². The van der Waals surface area contributed by atoms with E-state index in [1.165, 1.54) is 38.5 Å². The van der Waals surface area contributed by atoms with Crippen molar-refractivity contribution in [2.45, 2.75) is 76.4 Å². The summed E-state index contributed by atoms with van der Waals surface area (Å²) in [6, 6.07) is 0. The maximum absolute atomic E-state index is 12.6. The molecular formula is C15H24O2. The predicted molar refractivity (Wildman–Crippen MR) is 66.8 cm³/mol. The molecule has 96 valence electrons. The van der Waals surface area contributed by atoms with Gasteiger partial charge < -0.3 is 4.74 Å². The first-order valence-electron chi connectivity index (χ1n) is 7.52. The van der Waals surface area contributed by atoms with Crippen molar-refractivity contribution in [3.05, 3.63) is 0 Å². The Balaban J connectivity index is 1.61. The Hall–Kier alpha value is -0.370. The van der Waals surface area contributed by atoms with Gasteiger partial charge in [-0.1, -0.05) is 25.7 Å². The molecule has 1 aliphatic carbocycles. The van der Waals surface area contributed by atoms with Crippen LogP contribution in [0.3, 0.4) is 0 Å². The molecular weight excluding hydrogens is 212 g/mol.